The number of nitrogens with zero attached hydrogens (tertiary/aromatic N) is 1. The second kappa shape index (κ2) is 6.88. The van der Waals surface area contributed by atoms with Crippen molar-refractivity contribution in [3.05, 3.63) is 0 Å². The smallest absolute Gasteiger partial charge is 0.0695 e. The Bertz CT molecular complexity index is 237. The predicted octanol–water partition coefficient (Wildman–Crippen LogP) is 1.86. The minimum Gasteiger partial charge on any atom is -0.391 e. The molecule has 1 heterocycles. The molecule has 1 saturated carbocycles. The first-order valence-electron chi connectivity index (χ1n) is 7.79. The van der Waals surface area contributed by atoms with E-state index in [2.05, 4.69) is 24.1 Å². The van der Waals surface area contributed by atoms with E-state index in [1.165, 1.54) is 45.3 Å². The fourth-order valence-electron chi connectivity index (χ4n) is 3.41. The van der Waals surface area contributed by atoms with Gasteiger partial charge in [-0.3, -0.25) is 4.90 Å². The fraction of sp³-hybridized carbons (Fsp3) is 1.00. The van der Waals surface area contributed by atoms with Crippen LogP contribution >= 0.6 is 0 Å². The van der Waals surface area contributed by atoms with Gasteiger partial charge in [0.1, 0.15) is 0 Å². The van der Waals surface area contributed by atoms with Gasteiger partial charge in [-0.2, -0.15) is 0 Å². The molecular formula is C15H30N2O. The summed E-state index contributed by atoms with van der Waals surface area (Å²) in [5.74, 6) is 1.59. The number of piperidine rings is 1. The molecule has 2 rings (SSSR count). The summed E-state index contributed by atoms with van der Waals surface area (Å²) in [4.78, 5) is 2.54. The zero-order valence-corrected chi connectivity index (χ0v) is 12.1. The first kappa shape index (κ1) is 14.3. The topological polar surface area (TPSA) is 35.5 Å². The van der Waals surface area contributed by atoms with Crippen LogP contribution in [0.1, 0.15) is 46.0 Å². The molecule has 3 nitrogen and oxygen atoms in total. The molecule has 0 aromatic rings. The largest absolute Gasteiger partial charge is 0.391 e. The molecule has 0 aromatic carbocycles. The highest BCUT2D eigenvalue weighted by Crippen LogP contribution is 2.28. The summed E-state index contributed by atoms with van der Waals surface area (Å²) >= 11 is 0. The molecular weight excluding hydrogens is 224 g/mol. The van der Waals surface area contributed by atoms with Crippen molar-refractivity contribution in [3.8, 4) is 0 Å². The van der Waals surface area contributed by atoms with Crippen molar-refractivity contribution in [2.24, 2.45) is 11.8 Å². The maximum atomic E-state index is 9.96. The predicted molar refractivity (Wildman–Crippen MR) is 75.7 cm³/mol. The van der Waals surface area contributed by atoms with Crippen LogP contribution in [-0.2, 0) is 0 Å². The molecule has 18 heavy (non-hydrogen) atoms. The molecule has 1 aliphatic carbocycles. The van der Waals surface area contributed by atoms with Gasteiger partial charge in [0.05, 0.1) is 6.10 Å². The van der Waals surface area contributed by atoms with Crippen molar-refractivity contribution < 1.29 is 5.11 Å². The van der Waals surface area contributed by atoms with E-state index in [9.17, 15) is 5.11 Å². The Hall–Kier alpha value is -0.120. The van der Waals surface area contributed by atoms with Crippen molar-refractivity contribution in [2.75, 3.05) is 26.2 Å². The fourth-order valence-corrected chi connectivity index (χ4v) is 3.41. The second-order valence-corrected chi connectivity index (χ2v) is 6.60. The summed E-state index contributed by atoms with van der Waals surface area (Å²) in [6.45, 7) is 9.22. The average molecular weight is 254 g/mol. The van der Waals surface area contributed by atoms with Gasteiger partial charge in [0.25, 0.3) is 0 Å². The van der Waals surface area contributed by atoms with Crippen molar-refractivity contribution in [1.82, 2.24) is 10.2 Å². The van der Waals surface area contributed by atoms with Crippen LogP contribution in [0.2, 0.25) is 0 Å². The van der Waals surface area contributed by atoms with E-state index in [4.69, 9.17) is 0 Å². The molecule has 0 radical (unpaired) electrons. The van der Waals surface area contributed by atoms with Gasteiger partial charge >= 0.3 is 0 Å². The zero-order chi connectivity index (χ0) is 13.0. The van der Waals surface area contributed by atoms with Gasteiger partial charge in [0.15, 0.2) is 0 Å². The molecule has 0 bridgehead atoms. The molecule has 2 aliphatic rings. The molecule has 2 fully saturated rings. The van der Waals surface area contributed by atoms with Gasteiger partial charge in [0, 0.05) is 6.04 Å². The van der Waals surface area contributed by atoms with E-state index in [1.807, 2.05) is 0 Å². The Labute approximate surface area is 112 Å². The van der Waals surface area contributed by atoms with E-state index < -0.39 is 0 Å². The van der Waals surface area contributed by atoms with Crippen LogP contribution in [0.3, 0.4) is 0 Å². The summed E-state index contributed by atoms with van der Waals surface area (Å²) in [7, 11) is 0. The van der Waals surface area contributed by atoms with Gasteiger partial charge in [-0.15, -0.1) is 0 Å². The molecule has 1 saturated heterocycles. The lowest BCUT2D eigenvalue weighted by Crippen LogP contribution is -2.46. The third kappa shape index (κ3) is 3.94. The Kier molecular flexibility index (Phi) is 5.46. The zero-order valence-electron chi connectivity index (χ0n) is 12.1. The highest BCUT2D eigenvalue weighted by Gasteiger charge is 2.32. The second-order valence-electron chi connectivity index (χ2n) is 6.60. The van der Waals surface area contributed by atoms with E-state index in [0.717, 1.165) is 24.8 Å². The van der Waals surface area contributed by atoms with Crippen LogP contribution in [-0.4, -0.2) is 48.3 Å². The molecule has 2 N–H and O–H groups in total. The van der Waals surface area contributed by atoms with Crippen molar-refractivity contribution in [2.45, 2.75) is 58.1 Å². The molecule has 3 heteroatoms. The lowest BCUT2D eigenvalue weighted by Gasteiger charge is -2.37. The number of hydrogen-bond acceptors (Lipinski definition) is 3. The van der Waals surface area contributed by atoms with E-state index in [0.29, 0.717) is 6.04 Å². The molecule has 106 valence electrons. The van der Waals surface area contributed by atoms with Gasteiger partial charge in [-0.25, -0.2) is 0 Å². The molecule has 0 amide bonds. The molecule has 0 aromatic heterocycles. The van der Waals surface area contributed by atoms with Gasteiger partial charge in [-0.05, 0) is 70.1 Å². The minimum absolute atomic E-state index is 0.0550. The van der Waals surface area contributed by atoms with Crippen LogP contribution in [0, 0.1) is 11.8 Å². The number of likely N-dealkylation sites (tertiary alicyclic amines) is 1. The third-order valence-corrected chi connectivity index (χ3v) is 4.55. The van der Waals surface area contributed by atoms with Crippen LogP contribution in [0.25, 0.3) is 0 Å². The number of rotatable bonds is 5. The van der Waals surface area contributed by atoms with E-state index >= 15 is 0 Å². The van der Waals surface area contributed by atoms with Crippen molar-refractivity contribution in [3.63, 3.8) is 0 Å². The van der Waals surface area contributed by atoms with Crippen LogP contribution < -0.4 is 5.32 Å². The Morgan fingerprint density at radius 2 is 1.89 bits per heavy atom. The molecule has 0 spiro atoms. The van der Waals surface area contributed by atoms with E-state index in [1.54, 1.807) is 0 Å². The first-order chi connectivity index (χ1) is 8.66. The van der Waals surface area contributed by atoms with Crippen LogP contribution in [0.4, 0.5) is 0 Å². The van der Waals surface area contributed by atoms with Gasteiger partial charge in [-0.1, -0.05) is 13.8 Å². The molecule has 2 atom stereocenters. The van der Waals surface area contributed by atoms with Crippen molar-refractivity contribution in [1.29, 1.82) is 0 Å². The molecule has 1 aliphatic heterocycles. The summed E-state index contributed by atoms with van der Waals surface area (Å²) in [5, 5.41) is 13.5. The Morgan fingerprint density at radius 3 is 2.44 bits per heavy atom. The van der Waals surface area contributed by atoms with Crippen molar-refractivity contribution >= 4 is 0 Å². The number of nitrogens with one attached hydrogen (secondary N) is 1. The summed E-state index contributed by atoms with van der Waals surface area (Å²) in [6.07, 6.45) is 5.98. The Morgan fingerprint density at radius 1 is 1.17 bits per heavy atom. The number of aliphatic hydroxyl groups is 1. The Balaban J connectivity index is 1.65. The third-order valence-electron chi connectivity index (χ3n) is 4.55. The monoisotopic (exact) mass is 254 g/mol. The minimum atomic E-state index is -0.0550. The highest BCUT2D eigenvalue weighted by molar-refractivity contribution is 4.87. The summed E-state index contributed by atoms with van der Waals surface area (Å²) in [6, 6.07) is 0.467. The SMILES string of the molecule is CC(C)CNCC1CCN(C2CCCC2O)CC1. The first-order valence-corrected chi connectivity index (χ1v) is 7.79. The van der Waals surface area contributed by atoms with Crippen LogP contribution in [0.5, 0.6) is 0 Å². The normalized spacial score (nSPS) is 31.3. The number of hydrogen-bond donors (Lipinski definition) is 2. The highest BCUT2D eigenvalue weighted by atomic mass is 16.3. The van der Waals surface area contributed by atoms with Gasteiger partial charge in [0.2, 0.25) is 0 Å². The number of aliphatic hydroxyl groups excluding tert-OH is 1. The lowest BCUT2D eigenvalue weighted by molar-refractivity contribution is 0.0481. The van der Waals surface area contributed by atoms with Crippen LogP contribution in [0.15, 0.2) is 0 Å². The van der Waals surface area contributed by atoms with E-state index in [-0.39, 0.29) is 6.10 Å². The summed E-state index contributed by atoms with van der Waals surface area (Å²) < 4.78 is 0. The quantitative estimate of drug-likeness (QED) is 0.786. The average Bonchev–Trinajstić information content (AvgIpc) is 2.76. The summed E-state index contributed by atoms with van der Waals surface area (Å²) in [5.41, 5.74) is 0. The lowest BCUT2D eigenvalue weighted by atomic mass is 9.95. The van der Waals surface area contributed by atoms with Gasteiger partial charge < -0.3 is 10.4 Å². The standard InChI is InChI=1S/C15H30N2O/c1-12(2)10-16-11-13-6-8-17(9-7-13)14-4-3-5-15(14)18/h12-16,18H,3-11H2,1-2H3. The maximum Gasteiger partial charge on any atom is 0.0695 e. The maximum absolute atomic E-state index is 9.96. The molecule has 2 unspecified atom stereocenters.